The maximum atomic E-state index is 12.3. The number of aryl methyl sites for hydroxylation is 1. The molecule has 0 aromatic carbocycles. The van der Waals surface area contributed by atoms with Crippen LogP contribution in [0.1, 0.15) is 20.8 Å². The number of carbonyl (C=O) groups excluding carboxylic acids is 2. The molecule has 1 aliphatic rings. The lowest BCUT2D eigenvalue weighted by Crippen LogP contribution is -2.37. The van der Waals surface area contributed by atoms with E-state index in [0.717, 1.165) is 0 Å². The van der Waals surface area contributed by atoms with Crippen molar-refractivity contribution in [2.24, 2.45) is 24.3 Å². The third-order valence-electron chi connectivity index (χ3n) is 3.55. The number of hydrogen-bond acceptors (Lipinski definition) is 3. The van der Waals surface area contributed by atoms with Crippen LogP contribution < -0.4 is 10.6 Å². The zero-order valence-electron chi connectivity index (χ0n) is 11.7. The molecule has 1 fully saturated rings. The Morgan fingerprint density at radius 3 is 2.74 bits per heavy atom. The maximum Gasteiger partial charge on any atom is 0.237 e. The number of amides is 2. The van der Waals surface area contributed by atoms with E-state index >= 15 is 0 Å². The fourth-order valence-electron chi connectivity index (χ4n) is 2.43. The second kappa shape index (κ2) is 4.68. The predicted molar refractivity (Wildman–Crippen MR) is 71.3 cm³/mol. The van der Waals surface area contributed by atoms with Gasteiger partial charge < -0.3 is 10.6 Å². The van der Waals surface area contributed by atoms with Crippen molar-refractivity contribution in [3.63, 3.8) is 0 Å². The molecule has 104 valence electrons. The van der Waals surface area contributed by atoms with Gasteiger partial charge in [0, 0.05) is 25.7 Å². The molecular formula is C13H20N4O2. The van der Waals surface area contributed by atoms with Crippen molar-refractivity contribution in [3.05, 3.63) is 12.4 Å². The lowest BCUT2D eigenvalue weighted by Gasteiger charge is -2.29. The first-order chi connectivity index (χ1) is 8.79. The fraction of sp³-hybridized carbons (Fsp3) is 0.615. The SMILES string of the molecule is Cn1cc(NC(=O)[C@H]2C(=O)NC[C@H]2C(C)(C)C)cn1. The topological polar surface area (TPSA) is 76.0 Å². The van der Waals surface area contributed by atoms with Gasteiger partial charge in [-0.2, -0.15) is 5.10 Å². The van der Waals surface area contributed by atoms with Gasteiger partial charge in [0.2, 0.25) is 11.8 Å². The summed E-state index contributed by atoms with van der Waals surface area (Å²) in [5.74, 6) is -1.10. The van der Waals surface area contributed by atoms with Crippen LogP contribution in [0.4, 0.5) is 5.69 Å². The van der Waals surface area contributed by atoms with Crippen molar-refractivity contribution in [3.8, 4) is 0 Å². The zero-order chi connectivity index (χ0) is 14.2. The molecular weight excluding hydrogens is 244 g/mol. The molecule has 0 spiro atoms. The number of nitrogens with one attached hydrogen (secondary N) is 2. The summed E-state index contributed by atoms with van der Waals surface area (Å²) in [6.45, 7) is 6.68. The Bertz CT molecular complexity index is 501. The fourth-order valence-corrected chi connectivity index (χ4v) is 2.43. The minimum absolute atomic E-state index is 0.00308. The molecule has 1 saturated heterocycles. The van der Waals surface area contributed by atoms with Gasteiger partial charge >= 0.3 is 0 Å². The molecule has 2 atom stereocenters. The number of hydrogen-bond donors (Lipinski definition) is 2. The molecule has 1 aromatic rings. The highest BCUT2D eigenvalue weighted by Gasteiger charge is 2.45. The van der Waals surface area contributed by atoms with Gasteiger partial charge in [-0.05, 0) is 5.41 Å². The number of anilines is 1. The smallest absolute Gasteiger partial charge is 0.237 e. The molecule has 0 radical (unpaired) electrons. The lowest BCUT2D eigenvalue weighted by atomic mass is 9.74. The van der Waals surface area contributed by atoms with Crippen molar-refractivity contribution in [2.75, 3.05) is 11.9 Å². The molecule has 19 heavy (non-hydrogen) atoms. The Morgan fingerprint density at radius 2 is 2.21 bits per heavy atom. The lowest BCUT2D eigenvalue weighted by molar-refractivity contribution is -0.132. The molecule has 2 amide bonds. The van der Waals surface area contributed by atoms with Crippen LogP contribution in [0.3, 0.4) is 0 Å². The largest absolute Gasteiger partial charge is 0.355 e. The first kappa shape index (κ1) is 13.6. The Kier molecular flexibility index (Phi) is 3.34. The van der Waals surface area contributed by atoms with Gasteiger partial charge in [-0.15, -0.1) is 0 Å². The van der Waals surface area contributed by atoms with Crippen LogP contribution in [0.5, 0.6) is 0 Å². The van der Waals surface area contributed by atoms with E-state index < -0.39 is 5.92 Å². The first-order valence-electron chi connectivity index (χ1n) is 6.36. The molecule has 2 rings (SSSR count). The van der Waals surface area contributed by atoms with E-state index in [-0.39, 0.29) is 23.1 Å². The molecule has 6 heteroatoms. The third kappa shape index (κ3) is 2.77. The van der Waals surface area contributed by atoms with Crippen molar-refractivity contribution >= 4 is 17.5 Å². The molecule has 0 aliphatic carbocycles. The van der Waals surface area contributed by atoms with Crippen LogP contribution in [0, 0.1) is 17.3 Å². The van der Waals surface area contributed by atoms with Crippen LogP contribution in [-0.4, -0.2) is 28.1 Å². The van der Waals surface area contributed by atoms with Crippen LogP contribution in [-0.2, 0) is 16.6 Å². The predicted octanol–water partition coefficient (Wildman–Crippen LogP) is 0.767. The minimum Gasteiger partial charge on any atom is -0.355 e. The van der Waals surface area contributed by atoms with Crippen molar-refractivity contribution in [2.45, 2.75) is 20.8 Å². The molecule has 0 unspecified atom stereocenters. The number of carbonyl (C=O) groups is 2. The van der Waals surface area contributed by atoms with E-state index in [1.54, 1.807) is 24.1 Å². The van der Waals surface area contributed by atoms with Crippen molar-refractivity contribution in [1.29, 1.82) is 0 Å². The summed E-state index contributed by atoms with van der Waals surface area (Å²) < 4.78 is 1.60. The second-order valence-corrected chi connectivity index (χ2v) is 6.09. The number of rotatable bonds is 2. The van der Waals surface area contributed by atoms with E-state index in [1.807, 2.05) is 20.8 Å². The van der Waals surface area contributed by atoms with Crippen LogP contribution in [0.25, 0.3) is 0 Å². The minimum atomic E-state index is -0.639. The van der Waals surface area contributed by atoms with Crippen molar-refractivity contribution in [1.82, 2.24) is 15.1 Å². The monoisotopic (exact) mass is 264 g/mol. The summed E-state index contributed by atoms with van der Waals surface area (Å²) in [5.41, 5.74) is 0.510. The highest BCUT2D eigenvalue weighted by Crippen LogP contribution is 2.35. The Balaban J connectivity index is 2.14. The highest BCUT2D eigenvalue weighted by atomic mass is 16.2. The Morgan fingerprint density at radius 1 is 1.53 bits per heavy atom. The van der Waals surface area contributed by atoms with E-state index in [1.165, 1.54) is 0 Å². The molecule has 0 bridgehead atoms. The standard InChI is InChI=1S/C13H20N4O2/c1-13(2,3)9-6-14-11(18)10(9)12(19)16-8-5-15-17(4)7-8/h5,7,9-10H,6H2,1-4H3,(H,14,18)(H,16,19)/t9-,10-/m1/s1. The van der Waals surface area contributed by atoms with Gasteiger partial charge in [-0.25, -0.2) is 0 Å². The first-order valence-corrected chi connectivity index (χ1v) is 6.36. The number of nitrogens with zero attached hydrogens (tertiary/aromatic N) is 2. The summed E-state index contributed by atoms with van der Waals surface area (Å²) in [4.78, 5) is 24.2. The summed E-state index contributed by atoms with van der Waals surface area (Å²) in [7, 11) is 1.77. The van der Waals surface area contributed by atoms with Gasteiger partial charge in [0.05, 0.1) is 11.9 Å². The normalized spacial score (nSPS) is 23.3. The van der Waals surface area contributed by atoms with E-state index in [0.29, 0.717) is 12.2 Å². The van der Waals surface area contributed by atoms with E-state index in [9.17, 15) is 9.59 Å². The third-order valence-corrected chi connectivity index (χ3v) is 3.55. The van der Waals surface area contributed by atoms with Gasteiger partial charge in [0.15, 0.2) is 0 Å². The van der Waals surface area contributed by atoms with Gasteiger partial charge in [0.25, 0.3) is 0 Å². The van der Waals surface area contributed by atoms with Crippen molar-refractivity contribution < 1.29 is 9.59 Å². The van der Waals surface area contributed by atoms with Gasteiger partial charge in [-0.1, -0.05) is 20.8 Å². The Labute approximate surface area is 112 Å². The quantitative estimate of drug-likeness (QED) is 0.775. The van der Waals surface area contributed by atoms with Gasteiger partial charge in [-0.3, -0.25) is 14.3 Å². The average molecular weight is 264 g/mol. The van der Waals surface area contributed by atoms with Crippen LogP contribution >= 0.6 is 0 Å². The maximum absolute atomic E-state index is 12.3. The molecule has 2 heterocycles. The highest BCUT2D eigenvalue weighted by molar-refractivity contribution is 6.07. The van der Waals surface area contributed by atoms with E-state index in [4.69, 9.17) is 0 Å². The zero-order valence-corrected chi connectivity index (χ0v) is 11.7. The Hall–Kier alpha value is -1.85. The summed E-state index contributed by atoms with van der Waals surface area (Å²) in [5, 5.41) is 9.52. The molecule has 0 saturated carbocycles. The number of aromatic nitrogens is 2. The van der Waals surface area contributed by atoms with Gasteiger partial charge in [0.1, 0.15) is 5.92 Å². The summed E-state index contributed by atoms with van der Waals surface area (Å²) in [6.07, 6.45) is 3.27. The molecule has 1 aliphatic heterocycles. The van der Waals surface area contributed by atoms with Crippen LogP contribution in [0.2, 0.25) is 0 Å². The summed E-state index contributed by atoms with van der Waals surface area (Å²) in [6, 6.07) is 0. The molecule has 6 nitrogen and oxygen atoms in total. The molecule has 1 aromatic heterocycles. The van der Waals surface area contributed by atoms with Crippen LogP contribution in [0.15, 0.2) is 12.4 Å². The summed E-state index contributed by atoms with van der Waals surface area (Å²) >= 11 is 0. The molecule has 2 N–H and O–H groups in total. The average Bonchev–Trinajstić information content (AvgIpc) is 2.84. The second-order valence-electron chi connectivity index (χ2n) is 6.09. The van der Waals surface area contributed by atoms with E-state index in [2.05, 4.69) is 15.7 Å².